The van der Waals surface area contributed by atoms with Crippen molar-refractivity contribution in [3.63, 3.8) is 0 Å². The molecule has 3 aliphatic carbocycles. The van der Waals surface area contributed by atoms with Gasteiger partial charge in [0.1, 0.15) is 6.23 Å². The van der Waals surface area contributed by atoms with Gasteiger partial charge in [-0.25, -0.2) is 8.78 Å². The number of methoxy groups -OCH3 is 1. The topological polar surface area (TPSA) is 83.7 Å². The van der Waals surface area contributed by atoms with Crippen molar-refractivity contribution in [3.8, 4) is 0 Å². The minimum atomic E-state index is -2.54. The van der Waals surface area contributed by atoms with Gasteiger partial charge in [-0.1, -0.05) is 32.1 Å². The molecule has 5 fully saturated rings. The van der Waals surface area contributed by atoms with Crippen LogP contribution in [-0.2, 0) is 14.4 Å². The summed E-state index contributed by atoms with van der Waals surface area (Å²) in [7, 11) is 1.75. The Morgan fingerprint density at radius 1 is 1.03 bits per heavy atom. The molecule has 5 rings (SSSR count). The van der Waals surface area contributed by atoms with Crippen LogP contribution in [0, 0.1) is 23.7 Å². The van der Waals surface area contributed by atoms with E-state index in [9.17, 15) is 13.6 Å². The van der Waals surface area contributed by atoms with Gasteiger partial charge in [-0.05, 0) is 75.5 Å². The highest BCUT2D eigenvalue weighted by Crippen LogP contribution is 2.46. The Labute approximate surface area is 208 Å². The Morgan fingerprint density at radius 3 is 2.49 bits per heavy atom. The van der Waals surface area contributed by atoms with Gasteiger partial charge in [0.2, 0.25) is 5.91 Å². The lowest BCUT2D eigenvalue weighted by Gasteiger charge is -2.46. The van der Waals surface area contributed by atoms with Gasteiger partial charge >= 0.3 is 0 Å². The van der Waals surface area contributed by atoms with E-state index in [-0.39, 0.29) is 41.7 Å². The van der Waals surface area contributed by atoms with Crippen LogP contribution in [0.4, 0.5) is 8.78 Å². The molecular weight excluding hydrogens is 454 g/mol. The maximum Gasteiger partial charge on any atom is 0.279 e. The zero-order chi connectivity index (χ0) is 24.4. The minimum absolute atomic E-state index is 0.00802. The quantitative estimate of drug-likeness (QED) is 0.462. The van der Waals surface area contributed by atoms with Gasteiger partial charge in [0, 0.05) is 24.6 Å². The Hall–Kier alpha value is -0.870. The second kappa shape index (κ2) is 11.3. The fourth-order valence-corrected chi connectivity index (χ4v) is 7.88. The summed E-state index contributed by atoms with van der Waals surface area (Å²) in [6, 6.07) is 0.229. The van der Waals surface area contributed by atoms with Gasteiger partial charge in [0.15, 0.2) is 6.23 Å². The van der Waals surface area contributed by atoms with Crippen LogP contribution in [0.2, 0.25) is 0 Å². The highest BCUT2D eigenvalue weighted by molar-refractivity contribution is 5.79. The Balaban J connectivity index is 1.16. The maximum atomic E-state index is 13.5. The summed E-state index contributed by atoms with van der Waals surface area (Å²) in [6.45, 7) is 0. The Kier molecular flexibility index (Phi) is 8.28. The molecule has 1 amide bonds. The zero-order valence-electron chi connectivity index (χ0n) is 21.1. The first kappa shape index (κ1) is 25.8. The molecule has 0 aromatic carbocycles. The zero-order valence-corrected chi connectivity index (χ0v) is 21.1. The number of rotatable bonds is 5. The van der Waals surface area contributed by atoms with E-state index in [1.54, 1.807) is 7.11 Å². The number of hydrogen-bond acceptors (Lipinski definition) is 6. The van der Waals surface area contributed by atoms with Crippen LogP contribution >= 0.6 is 0 Å². The monoisotopic (exact) mass is 498 g/mol. The van der Waals surface area contributed by atoms with Crippen LogP contribution in [0.5, 0.6) is 0 Å². The molecule has 200 valence electrons. The molecule has 0 radical (unpaired) electrons. The first-order chi connectivity index (χ1) is 17.0. The smallest absolute Gasteiger partial charge is 0.279 e. The van der Waals surface area contributed by atoms with Crippen LogP contribution in [0.1, 0.15) is 89.9 Å². The van der Waals surface area contributed by atoms with E-state index >= 15 is 0 Å². The molecule has 2 heterocycles. The average Bonchev–Trinajstić information content (AvgIpc) is 3.49. The molecule has 2 aliphatic heterocycles. The molecule has 0 aromatic heterocycles. The van der Waals surface area contributed by atoms with E-state index in [0.717, 1.165) is 57.8 Å². The molecule has 8 atom stereocenters. The molecule has 5 aliphatic rings. The molecule has 9 heteroatoms. The summed E-state index contributed by atoms with van der Waals surface area (Å²) in [5.74, 6) is 1.49. The average molecular weight is 499 g/mol. The predicted octanol–water partition coefficient (Wildman–Crippen LogP) is 3.79. The molecule has 0 aromatic rings. The fraction of sp³-hybridized carbons (Fsp3) is 0.962. The van der Waals surface area contributed by atoms with Gasteiger partial charge in [-0.15, -0.1) is 0 Å². The van der Waals surface area contributed by atoms with Crippen molar-refractivity contribution in [1.82, 2.24) is 21.4 Å². The molecule has 35 heavy (non-hydrogen) atoms. The third-order valence-corrected chi connectivity index (χ3v) is 9.71. The van der Waals surface area contributed by atoms with Crippen molar-refractivity contribution in [2.24, 2.45) is 23.7 Å². The van der Waals surface area contributed by atoms with Crippen molar-refractivity contribution in [2.75, 3.05) is 7.11 Å². The van der Waals surface area contributed by atoms with Crippen LogP contribution in [0.25, 0.3) is 0 Å². The second-order valence-corrected chi connectivity index (χ2v) is 11.9. The van der Waals surface area contributed by atoms with Crippen molar-refractivity contribution < 1.29 is 23.1 Å². The summed E-state index contributed by atoms with van der Waals surface area (Å²) in [5.41, 5.74) is 2.82. The van der Waals surface area contributed by atoms with E-state index in [1.807, 2.05) is 0 Å². The second-order valence-electron chi connectivity index (χ2n) is 11.9. The van der Waals surface area contributed by atoms with E-state index in [4.69, 9.17) is 9.57 Å². The van der Waals surface area contributed by atoms with Gasteiger partial charge in [0.25, 0.3) is 6.43 Å². The maximum absolute atomic E-state index is 13.5. The highest BCUT2D eigenvalue weighted by Gasteiger charge is 2.47. The first-order valence-corrected chi connectivity index (χ1v) is 14.0. The van der Waals surface area contributed by atoms with Crippen LogP contribution in [0.3, 0.4) is 0 Å². The van der Waals surface area contributed by atoms with Gasteiger partial charge in [0.05, 0.1) is 6.17 Å². The molecular formula is C26H44F2N4O3. The number of nitrogens with one attached hydrogen (secondary N) is 4. The lowest BCUT2D eigenvalue weighted by molar-refractivity contribution is -0.131. The number of fused-ring (bicyclic) bond motifs is 1. The molecule has 7 unspecified atom stereocenters. The number of carbonyl (C=O) groups is 1. The van der Waals surface area contributed by atoms with Crippen molar-refractivity contribution in [1.29, 1.82) is 0 Å². The molecule has 4 N–H and O–H groups in total. The van der Waals surface area contributed by atoms with Crippen molar-refractivity contribution in [3.05, 3.63) is 0 Å². The highest BCUT2D eigenvalue weighted by atomic mass is 19.3. The predicted molar refractivity (Wildman–Crippen MR) is 128 cm³/mol. The summed E-state index contributed by atoms with van der Waals surface area (Å²) >= 11 is 0. The van der Waals surface area contributed by atoms with Crippen LogP contribution < -0.4 is 21.4 Å². The minimum Gasteiger partial charge on any atom is -0.367 e. The van der Waals surface area contributed by atoms with E-state index in [2.05, 4.69) is 21.4 Å². The number of halogens is 2. The van der Waals surface area contributed by atoms with Crippen molar-refractivity contribution >= 4 is 5.91 Å². The Bertz CT molecular complexity index is 721. The SMILES string of the molecule is COC1CC(C(=O)N[C@@H]2CCC3CC(C4NOC(C(F)F)N4)CCC32)CC2(CCCCCCC2)N1. The van der Waals surface area contributed by atoms with Crippen LogP contribution in [0.15, 0.2) is 0 Å². The van der Waals surface area contributed by atoms with E-state index in [1.165, 1.54) is 32.1 Å². The lowest BCUT2D eigenvalue weighted by Crippen LogP contribution is -2.59. The number of hydroxylamine groups is 1. The Morgan fingerprint density at radius 2 is 1.77 bits per heavy atom. The normalized spacial score (nSPS) is 41.9. The van der Waals surface area contributed by atoms with Gasteiger partial charge in [-0.2, -0.15) is 5.48 Å². The summed E-state index contributed by atoms with van der Waals surface area (Å²) < 4.78 is 31.6. The number of hydrogen-bond donors (Lipinski definition) is 4. The number of amides is 1. The van der Waals surface area contributed by atoms with Crippen LogP contribution in [-0.4, -0.2) is 49.6 Å². The molecule has 2 saturated heterocycles. The summed E-state index contributed by atoms with van der Waals surface area (Å²) in [6.07, 6.45) is 11.3. The largest absolute Gasteiger partial charge is 0.367 e. The third kappa shape index (κ3) is 5.84. The van der Waals surface area contributed by atoms with Gasteiger partial charge in [-0.3, -0.25) is 20.3 Å². The number of alkyl halides is 2. The molecule has 1 spiro atoms. The number of ether oxygens (including phenoxy) is 1. The van der Waals surface area contributed by atoms with Crippen molar-refractivity contribution in [2.45, 2.75) is 127 Å². The van der Waals surface area contributed by atoms with Gasteiger partial charge < -0.3 is 10.1 Å². The van der Waals surface area contributed by atoms with E-state index in [0.29, 0.717) is 11.8 Å². The van der Waals surface area contributed by atoms with E-state index < -0.39 is 12.7 Å². The molecule has 0 bridgehead atoms. The lowest BCUT2D eigenvalue weighted by atomic mass is 9.73. The standard InChI is InChI=1S/C26H44F2N4O3/c1-34-21-14-18(15-26(31-21)11-5-3-2-4-6-12-26)24(33)29-20-10-8-16-13-17(7-9-19(16)20)23-30-25(22(27)28)35-32-23/h16-23,25,30-32H,2-15H2,1H3,(H,29,33)/t16?,17?,18?,19?,20-,21?,23?,25?/m1/s1. The summed E-state index contributed by atoms with van der Waals surface area (Å²) in [5, 5.41) is 10.2. The first-order valence-electron chi connectivity index (χ1n) is 14.0. The fourth-order valence-electron chi connectivity index (χ4n) is 7.88. The summed E-state index contributed by atoms with van der Waals surface area (Å²) in [4.78, 5) is 18.6. The number of carbonyl (C=O) groups excluding carboxylic acids is 1. The number of piperidine rings is 1. The third-order valence-electron chi connectivity index (χ3n) is 9.71. The molecule has 7 nitrogen and oxygen atoms in total. The molecule has 3 saturated carbocycles.